The first-order valence-electron chi connectivity index (χ1n) is 3.97. The van der Waals surface area contributed by atoms with E-state index >= 15 is 0 Å². The monoisotopic (exact) mass is 199 g/mol. The van der Waals surface area contributed by atoms with Gasteiger partial charge in [0.2, 0.25) is 0 Å². The molecule has 1 saturated carbocycles. The van der Waals surface area contributed by atoms with E-state index in [1.807, 2.05) is 0 Å². The van der Waals surface area contributed by atoms with Crippen LogP contribution < -0.4 is 5.32 Å². The molecule has 0 atom stereocenters. The first kappa shape index (κ1) is 8.43. The topological polar surface area (TPSA) is 68.1 Å². The van der Waals surface area contributed by atoms with E-state index in [1.165, 1.54) is 6.20 Å². The van der Waals surface area contributed by atoms with Gasteiger partial charge in [-0.1, -0.05) is 0 Å². The summed E-state index contributed by atoms with van der Waals surface area (Å²) in [6.45, 7) is 2.08. The molecule has 1 N–H and O–H groups in total. The van der Waals surface area contributed by atoms with Crippen molar-refractivity contribution >= 4 is 21.5 Å². The minimum Gasteiger partial charge on any atom is -0.356 e. The van der Waals surface area contributed by atoms with Crippen molar-refractivity contribution in [1.29, 1.82) is 0 Å². The highest BCUT2D eigenvalue weighted by atomic mass is 32.1. The van der Waals surface area contributed by atoms with Crippen molar-refractivity contribution in [2.45, 2.75) is 25.3 Å². The van der Waals surface area contributed by atoms with Crippen LogP contribution >= 0.6 is 11.3 Å². The molecule has 70 valence electrons. The van der Waals surface area contributed by atoms with E-state index in [2.05, 4.69) is 17.2 Å². The van der Waals surface area contributed by atoms with Crippen LogP contribution in [0.2, 0.25) is 0 Å². The van der Waals surface area contributed by atoms with Gasteiger partial charge in [-0.3, -0.25) is 10.1 Å². The van der Waals surface area contributed by atoms with Gasteiger partial charge in [0.05, 0.1) is 4.92 Å². The van der Waals surface area contributed by atoms with E-state index < -0.39 is 4.92 Å². The summed E-state index contributed by atoms with van der Waals surface area (Å²) in [4.78, 5) is 13.9. The maximum atomic E-state index is 10.3. The zero-order chi connectivity index (χ0) is 9.47. The first-order valence-corrected chi connectivity index (χ1v) is 4.79. The van der Waals surface area contributed by atoms with Crippen LogP contribution in [0.4, 0.5) is 10.1 Å². The van der Waals surface area contributed by atoms with Gasteiger partial charge in [0, 0.05) is 5.54 Å². The van der Waals surface area contributed by atoms with E-state index in [-0.39, 0.29) is 10.5 Å². The number of nitrogens with one attached hydrogen (secondary N) is 1. The minimum atomic E-state index is -0.419. The van der Waals surface area contributed by atoms with Crippen molar-refractivity contribution in [2.24, 2.45) is 0 Å². The Morgan fingerprint density at radius 2 is 2.46 bits per heavy atom. The Balaban J connectivity index is 2.09. The lowest BCUT2D eigenvalue weighted by atomic mass is 10.3. The van der Waals surface area contributed by atoms with Gasteiger partial charge in [0.25, 0.3) is 0 Å². The van der Waals surface area contributed by atoms with E-state index in [0.29, 0.717) is 5.13 Å². The highest BCUT2D eigenvalue weighted by Crippen LogP contribution is 2.39. The third kappa shape index (κ3) is 1.77. The Bertz CT molecular complexity index is 345. The molecule has 0 spiro atoms. The van der Waals surface area contributed by atoms with Gasteiger partial charge in [0.1, 0.15) is 6.20 Å². The zero-order valence-corrected chi connectivity index (χ0v) is 7.93. The molecule has 0 bridgehead atoms. The quantitative estimate of drug-likeness (QED) is 0.597. The number of nitrogens with zero attached hydrogens (tertiary/aromatic N) is 2. The smallest absolute Gasteiger partial charge is 0.345 e. The summed E-state index contributed by atoms with van der Waals surface area (Å²) in [6.07, 6.45) is 3.51. The van der Waals surface area contributed by atoms with Crippen LogP contribution in [0.25, 0.3) is 0 Å². The van der Waals surface area contributed by atoms with Crippen LogP contribution in [0, 0.1) is 10.1 Å². The Morgan fingerprint density at radius 1 is 1.77 bits per heavy atom. The maximum Gasteiger partial charge on any atom is 0.345 e. The molecular weight excluding hydrogens is 190 g/mol. The second-order valence-electron chi connectivity index (χ2n) is 3.45. The minimum absolute atomic E-state index is 0.0896. The van der Waals surface area contributed by atoms with E-state index in [9.17, 15) is 10.1 Å². The molecule has 6 heteroatoms. The average Bonchev–Trinajstić information content (AvgIpc) is 2.62. The van der Waals surface area contributed by atoms with E-state index in [4.69, 9.17) is 0 Å². The number of thiazole rings is 1. The molecule has 0 aliphatic heterocycles. The molecule has 0 saturated heterocycles. The Labute approximate surface area is 78.9 Å². The lowest BCUT2D eigenvalue weighted by Gasteiger charge is -2.07. The molecule has 13 heavy (non-hydrogen) atoms. The summed E-state index contributed by atoms with van der Waals surface area (Å²) >= 11 is 1.09. The van der Waals surface area contributed by atoms with Crippen LogP contribution in [0.5, 0.6) is 0 Å². The molecule has 1 heterocycles. The molecule has 2 rings (SSSR count). The summed E-state index contributed by atoms with van der Waals surface area (Å²) in [5.41, 5.74) is 0.131. The van der Waals surface area contributed by atoms with Gasteiger partial charge >= 0.3 is 5.00 Å². The first-order chi connectivity index (χ1) is 6.09. The van der Waals surface area contributed by atoms with Gasteiger partial charge in [-0.25, -0.2) is 4.98 Å². The largest absolute Gasteiger partial charge is 0.356 e. The Morgan fingerprint density at radius 3 is 2.92 bits per heavy atom. The fraction of sp³-hybridized carbons (Fsp3) is 0.571. The van der Waals surface area contributed by atoms with Crippen LogP contribution in [0.1, 0.15) is 19.8 Å². The predicted molar refractivity (Wildman–Crippen MR) is 50.0 cm³/mol. The molecule has 1 fully saturated rings. The summed E-state index contributed by atoms with van der Waals surface area (Å²) in [5, 5.41) is 14.2. The average molecular weight is 199 g/mol. The number of nitro groups is 1. The Kier molecular flexibility index (Phi) is 1.73. The summed E-state index contributed by atoms with van der Waals surface area (Å²) < 4.78 is 0. The van der Waals surface area contributed by atoms with Crippen molar-refractivity contribution in [2.75, 3.05) is 5.32 Å². The van der Waals surface area contributed by atoms with E-state index in [1.54, 1.807) is 0 Å². The molecular formula is C7H9N3O2S. The molecule has 1 aliphatic carbocycles. The zero-order valence-electron chi connectivity index (χ0n) is 7.11. The molecule has 1 aliphatic rings. The SMILES string of the molecule is CC1(Nc2ncc([N+](=O)[O-])s2)CC1. The molecule has 0 amide bonds. The highest BCUT2D eigenvalue weighted by Gasteiger charge is 2.38. The number of anilines is 1. The lowest BCUT2D eigenvalue weighted by molar-refractivity contribution is -0.380. The van der Waals surface area contributed by atoms with Crippen molar-refractivity contribution in [3.63, 3.8) is 0 Å². The van der Waals surface area contributed by atoms with Crippen LogP contribution in [0.3, 0.4) is 0 Å². The number of rotatable bonds is 3. The van der Waals surface area contributed by atoms with Crippen molar-refractivity contribution in [3.05, 3.63) is 16.3 Å². The van der Waals surface area contributed by atoms with Gasteiger partial charge < -0.3 is 5.32 Å². The molecule has 5 nitrogen and oxygen atoms in total. The van der Waals surface area contributed by atoms with Crippen molar-refractivity contribution in [3.8, 4) is 0 Å². The number of hydrogen-bond donors (Lipinski definition) is 1. The molecule has 0 radical (unpaired) electrons. The molecule has 0 unspecified atom stereocenters. The maximum absolute atomic E-state index is 10.3. The summed E-state index contributed by atoms with van der Waals surface area (Å²) in [6, 6.07) is 0. The van der Waals surface area contributed by atoms with Gasteiger partial charge in [-0.15, -0.1) is 0 Å². The third-order valence-corrected chi connectivity index (χ3v) is 2.95. The third-order valence-electron chi connectivity index (χ3n) is 2.08. The van der Waals surface area contributed by atoms with Crippen molar-refractivity contribution in [1.82, 2.24) is 4.98 Å². The van der Waals surface area contributed by atoms with Crippen LogP contribution in [0.15, 0.2) is 6.20 Å². The second-order valence-corrected chi connectivity index (χ2v) is 4.46. The van der Waals surface area contributed by atoms with Crippen LogP contribution in [-0.2, 0) is 0 Å². The lowest BCUT2D eigenvalue weighted by Crippen LogP contribution is -2.15. The predicted octanol–water partition coefficient (Wildman–Crippen LogP) is 2.02. The summed E-state index contributed by atoms with van der Waals surface area (Å²) in [7, 11) is 0. The fourth-order valence-electron chi connectivity index (χ4n) is 0.978. The van der Waals surface area contributed by atoms with Crippen LogP contribution in [-0.4, -0.2) is 15.4 Å². The summed E-state index contributed by atoms with van der Waals surface area (Å²) in [5.74, 6) is 0. The fourth-order valence-corrected chi connectivity index (χ4v) is 1.76. The standard InChI is InChI=1S/C7H9N3O2S/c1-7(2-3-7)9-6-8-4-5(13-6)10(11)12/h4H,2-3H2,1H3,(H,8,9). The normalized spacial score (nSPS) is 18.2. The number of hydrogen-bond acceptors (Lipinski definition) is 5. The van der Waals surface area contributed by atoms with Gasteiger partial charge in [0.15, 0.2) is 5.13 Å². The molecule has 1 aromatic heterocycles. The van der Waals surface area contributed by atoms with Crippen molar-refractivity contribution < 1.29 is 4.92 Å². The Hall–Kier alpha value is -1.17. The molecule has 1 aromatic rings. The highest BCUT2D eigenvalue weighted by molar-refractivity contribution is 7.18. The van der Waals surface area contributed by atoms with E-state index in [0.717, 1.165) is 24.2 Å². The second kappa shape index (κ2) is 2.66. The van der Waals surface area contributed by atoms with Gasteiger partial charge in [-0.2, -0.15) is 0 Å². The van der Waals surface area contributed by atoms with Gasteiger partial charge in [-0.05, 0) is 31.1 Å². The molecule has 0 aromatic carbocycles. The number of aromatic nitrogens is 1.